The summed E-state index contributed by atoms with van der Waals surface area (Å²) in [4.78, 5) is 42.7. The van der Waals surface area contributed by atoms with Gasteiger partial charge in [0, 0.05) is 27.3 Å². The first-order chi connectivity index (χ1) is 16.6. The van der Waals surface area contributed by atoms with Gasteiger partial charge in [0.1, 0.15) is 17.1 Å². The van der Waals surface area contributed by atoms with Crippen LogP contribution in [0.25, 0.3) is 0 Å². The Morgan fingerprint density at radius 1 is 1.23 bits per heavy atom. The average molecular weight is 483 g/mol. The summed E-state index contributed by atoms with van der Waals surface area (Å²) in [6.45, 7) is 2.14. The molecule has 11 nitrogen and oxygen atoms in total. The van der Waals surface area contributed by atoms with Crippen LogP contribution in [0.2, 0.25) is 0 Å². The molecule has 0 saturated heterocycles. The van der Waals surface area contributed by atoms with E-state index in [4.69, 9.17) is 4.74 Å². The Bertz CT molecular complexity index is 1330. The number of nitrogens with zero attached hydrogens (tertiary/aromatic N) is 4. The number of aromatic nitrogens is 3. The van der Waals surface area contributed by atoms with E-state index in [1.165, 1.54) is 31.3 Å². The second-order valence-electron chi connectivity index (χ2n) is 9.48. The van der Waals surface area contributed by atoms with Crippen molar-refractivity contribution in [2.75, 3.05) is 31.8 Å². The predicted octanol–water partition coefficient (Wildman–Crippen LogP) is 2.30. The summed E-state index contributed by atoms with van der Waals surface area (Å²) in [5, 5.41) is 21.3. The molecule has 1 saturated carbocycles. The summed E-state index contributed by atoms with van der Waals surface area (Å²) in [7, 11) is 6.44. The lowest BCUT2D eigenvalue weighted by molar-refractivity contribution is 0.0819. The van der Waals surface area contributed by atoms with E-state index in [1.54, 1.807) is 25.0 Å². The van der Waals surface area contributed by atoms with Crippen LogP contribution in [-0.4, -0.2) is 51.9 Å². The van der Waals surface area contributed by atoms with Gasteiger partial charge in [-0.3, -0.25) is 19.1 Å². The van der Waals surface area contributed by atoms with Crippen LogP contribution < -0.4 is 26.2 Å². The first kappa shape index (κ1) is 24.2. The molecule has 11 heteroatoms. The zero-order chi connectivity index (χ0) is 25.5. The van der Waals surface area contributed by atoms with Gasteiger partial charge in [0.2, 0.25) is 0 Å². The number of carbonyl (C=O) groups is 1. The van der Waals surface area contributed by atoms with Crippen LogP contribution in [0.3, 0.4) is 0 Å². The number of ether oxygens (including phenoxy) is 1. The topological polar surface area (TPSA) is 139 Å². The average Bonchev–Trinajstić information content (AvgIpc) is 3.44. The van der Waals surface area contributed by atoms with Crippen LogP contribution in [0, 0.1) is 5.41 Å². The highest BCUT2D eigenvalue weighted by Gasteiger charge is 2.42. The van der Waals surface area contributed by atoms with Crippen molar-refractivity contribution in [3.63, 3.8) is 0 Å². The number of anilines is 3. The molecule has 0 spiro atoms. The highest BCUT2D eigenvalue weighted by molar-refractivity contribution is 5.97. The van der Waals surface area contributed by atoms with Crippen molar-refractivity contribution in [1.82, 2.24) is 19.7 Å². The highest BCUT2D eigenvalue weighted by atomic mass is 16.5. The van der Waals surface area contributed by atoms with Crippen molar-refractivity contribution in [3.05, 3.63) is 50.3 Å². The molecule has 1 aromatic carbocycles. The van der Waals surface area contributed by atoms with Crippen molar-refractivity contribution >= 4 is 23.0 Å². The van der Waals surface area contributed by atoms with Gasteiger partial charge in [0.25, 0.3) is 16.8 Å². The summed E-state index contributed by atoms with van der Waals surface area (Å²) in [5.41, 5.74) is -0.882. The molecule has 0 unspecified atom stereocenters. The summed E-state index contributed by atoms with van der Waals surface area (Å²) in [6, 6.07) is 1.04. The highest BCUT2D eigenvalue weighted by Crippen LogP contribution is 2.50. The van der Waals surface area contributed by atoms with E-state index in [0.29, 0.717) is 11.4 Å². The molecule has 4 rings (SSSR count). The molecule has 186 valence electrons. The van der Waals surface area contributed by atoms with Crippen LogP contribution in [0.15, 0.2) is 28.0 Å². The number of aromatic hydroxyl groups is 1. The van der Waals surface area contributed by atoms with Gasteiger partial charge in [-0.15, -0.1) is 0 Å². The summed E-state index contributed by atoms with van der Waals surface area (Å²) < 4.78 is 7.20. The lowest BCUT2D eigenvalue weighted by atomic mass is 9.78. The van der Waals surface area contributed by atoms with E-state index in [2.05, 4.69) is 27.6 Å². The largest absolute Gasteiger partial charge is 0.504 e. The van der Waals surface area contributed by atoms with Crippen molar-refractivity contribution < 1.29 is 14.6 Å². The smallest absolute Gasteiger partial charge is 0.275 e. The number of carbonyl (C=O) groups excluding carboxylic acids is 1. The fourth-order valence-electron chi connectivity index (χ4n) is 4.74. The van der Waals surface area contributed by atoms with E-state index < -0.39 is 22.5 Å². The van der Waals surface area contributed by atoms with Crippen LogP contribution in [0.4, 0.5) is 17.1 Å². The molecule has 3 aromatic rings. The van der Waals surface area contributed by atoms with Crippen molar-refractivity contribution in [3.8, 4) is 11.5 Å². The van der Waals surface area contributed by atoms with E-state index in [-0.39, 0.29) is 34.2 Å². The molecule has 1 fully saturated rings. The van der Waals surface area contributed by atoms with Crippen LogP contribution in [0.5, 0.6) is 11.5 Å². The minimum absolute atomic E-state index is 0.0150. The number of pyridine rings is 1. The SMILES string of the molecule is COc1cn(C)nc1[C@H](Nc1c(Nc2ccnc(C(=O)N(C)C)c2O)c(=O)c1=O)C1(C)CCCC1. The van der Waals surface area contributed by atoms with E-state index in [1.807, 2.05) is 0 Å². The maximum Gasteiger partial charge on any atom is 0.275 e. The molecule has 0 radical (unpaired) electrons. The minimum atomic E-state index is -0.715. The predicted molar refractivity (Wildman–Crippen MR) is 131 cm³/mol. The molecule has 1 aliphatic rings. The molecule has 3 N–H and O–H groups in total. The maximum atomic E-state index is 12.7. The van der Waals surface area contributed by atoms with Gasteiger partial charge in [-0.25, -0.2) is 4.98 Å². The Labute approximate surface area is 202 Å². The molecular formula is C24H30N6O5. The number of nitrogens with one attached hydrogen (secondary N) is 2. The molecule has 2 heterocycles. The second-order valence-corrected chi connectivity index (χ2v) is 9.48. The summed E-state index contributed by atoms with van der Waals surface area (Å²) in [5.74, 6) is -0.313. The lowest BCUT2D eigenvalue weighted by Gasteiger charge is -2.35. The first-order valence-corrected chi connectivity index (χ1v) is 11.4. The van der Waals surface area contributed by atoms with Gasteiger partial charge in [-0.2, -0.15) is 5.10 Å². The zero-order valence-corrected chi connectivity index (χ0v) is 20.5. The van der Waals surface area contributed by atoms with E-state index in [0.717, 1.165) is 25.7 Å². The Morgan fingerprint density at radius 3 is 2.51 bits per heavy atom. The fourth-order valence-corrected chi connectivity index (χ4v) is 4.74. The van der Waals surface area contributed by atoms with Crippen LogP contribution >= 0.6 is 0 Å². The number of aryl methyl sites for hydroxylation is 1. The van der Waals surface area contributed by atoms with Gasteiger partial charge < -0.3 is 25.4 Å². The van der Waals surface area contributed by atoms with E-state index in [9.17, 15) is 19.5 Å². The molecule has 0 aliphatic heterocycles. The molecule has 1 amide bonds. The standard InChI is InChI=1S/C24H30N6O5/c1-24(9-6-7-10-24)22(15-14(35-5)12-30(4)28-15)27-17-16(20(32)21(17)33)26-13-8-11-25-18(19(13)31)23(34)29(2)3/h8,11-12,22,27,31H,6-7,9-10H2,1-5H3,(H,25,26)/t22-/m0/s1. The number of rotatable bonds is 8. The lowest BCUT2D eigenvalue weighted by Crippen LogP contribution is -2.40. The monoisotopic (exact) mass is 482 g/mol. The van der Waals surface area contributed by atoms with Crippen molar-refractivity contribution in [1.29, 1.82) is 0 Å². The first-order valence-electron chi connectivity index (χ1n) is 11.4. The summed E-state index contributed by atoms with van der Waals surface area (Å²) >= 11 is 0. The third-order valence-corrected chi connectivity index (χ3v) is 6.75. The molecular weight excluding hydrogens is 452 g/mol. The minimum Gasteiger partial charge on any atom is -0.504 e. The maximum absolute atomic E-state index is 12.7. The molecule has 1 aliphatic carbocycles. The van der Waals surface area contributed by atoms with Crippen molar-refractivity contribution in [2.24, 2.45) is 12.5 Å². The normalized spacial score (nSPS) is 15.7. The van der Waals surface area contributed by atoms with Gasteiger partial charge in [-0.1, -0.05) is 19.8 Å². The third-order valence-electron chi connectivity index (χ3n) is 6.75. The number of amides is 1. The molecule has 35 heavy (non-hydrogen) atoms. The Balaban J connectivity index is 1.72. The van der Waals surface area contributed by atoms with Crippen LogP contribution in [0.1, 0.15) is 54.8 Å². The van der Waals surface area contributed by atoms with Gasteiger partial charge >= 0.3 is 0 Å². The second kappa shape index (κ2) is 9.05. The van der Waals surface area contributed by atoms with E-state index >= 15 is 0 Å². The summed E-state index contributed by atoms with van der Waals surface area (Å²) in [6.07, 6.45) is 7.05. The van der Waals surface area contributed by atoms with Crippen molar-refractivity contribution in [2.45, 2.75) is 38.6 Å². The van der Waals surface area contributed by atoms with Gasteiger partial charge in [0.15, 0.2) is 17.2 Å². The molecule has 1 atom stereocenters. The zero-order valence-electron chi connectivity index (χ0n) is 20.5. The third kappa shape index (κ3) is 4.22. The Morgan fingerprint density at radius 2 is 1.89 bits per heavy atom. The number of methoxy groups -OCH3 is 1. The van der Waals surface area contributed by atoms with Gasteiger partial charge in [-0.05, 0) is 24.3 Å². The molecule has 2 aromatic heterocycles. The van der Waals surface area contributed by atoms with Gasteiger partial charge in [0.05, 0.1) is 25.0 Å². The van der Waals surface area contributed by atoms with Crippen LogP contribution in [-0.2, 0) is 7.05 Å². The Kier molecular flexibility index (Phi) is 6.27. The number of hydrogen-bond acceptors (Lipinski definition) is 9. The fraction of sp³-hybridized carbons (Fsp3) is 0.458. The quantitative estimate of drug-likeness (QED) is 0.413. The number of hydrogen-bond donors (Lipinski definition) is 3. The molecule has 0 bridgehead atoms. The Hall–Kier alpha value is -3.89.